The molecule has 0 saturated heterocycles. The smallest absolute Gasteiger partial charge is 0.236 e. The number of anilines is 1. The fraction of sp³-hybridized carbons (Fsp3) is 0.120. The fourth-order valence-corrected chi connectivity index (χ4v) is 4.20. The quantitative estimate of drug-likeness (QED) is 0.256. The zero-order valence-corrected chi connectivity index (χ0v) is 19.1. The maximum atomic E-state index is 13.5. The number of rotatable bonds is 8. The highest BCUT2D eigenvalue weighted by molar-refractivity contribution is 7.98. The van der Waals surface area contributed by atoms with Crippen LogP contribution >= 0.6 is 11.8 Å². The summed E-state index contributed by atoms with van der Waals surface area (Å²) in [7, 11) is 0. The van der Waals surface area contributed by atoms with Crippen LogP contribution in [-0.4, -0.2) is 28.3 Å². The molecule has 0 spiro atoms. The Labute approximate surface area is 204 Å². The van der Waals surface area contributed by atoms with Gasteiger partial charge >= 0.3 is 0 Å². The average Bonchev–Trinajstić information content (AvgIpc) is 3.35. The molecule has 0 bridgehead atoms. The van der Waals surface area contributed by atoms with Crippen LogP contribution < -0.4 is 10.5 Å². The van der Waals surface area contributed by atoms with Crippen LogP contribution in [0.2, 0.25) is 0 Å². The number of halogens is 1. The Hall–Kier alpha value is -4.38. The summed E-state index contributed by atoms with van der Waals surface area (Å²) in [5, 5.41) is 19.2. The van der Waals surface area contributed by atoms with E-state index in [0.29, 0.717) is 38.9 Å². The van der Waals surface area contributed by atoms with E-state index in [0.717, 1.165) is 0 Å². The lowest BCUT2D eigenvalue weighted by atomic mass is 10.00. The second kappa shape index (κ2) is 10.7. The van der Waals surface area contributed by atoms with E-state index in [4.69, 9.17) is 26.6 Å². The number of pyridine rings is 1. The van der Waals surface area contributed by atoms with Crippen LogP contribution in [0.15, 0.2) is 64.2 Å². The minimum Gasteiger partial charge on any atom is -0.491 e. The summed E-state index contributed by atoms with van der Waals surface area (Å²) in [6.07, 6.45) is 1.46. The monoisotopic (exact) mass is 487 g/mol. The molecule has 4 rings (SSSR count). The van der Waals surface area contributed by atoms with Crippen molar-refractivity contribution < 1.29 is 18.7 Å². The van der Waals surface area contributed by atoms with Crippen LogP contribution in [0.4, 0.5) is 15.9 Å². The van der Waals surface area contributed by atoms with Crippen molar-refractivity contribution in [2.24, 2.45) is 0 Å². The second-order valence-corrected chi connectivity index (χ2v) is 8.13. The number of hydrogen-bond donors (Lipinski definition) is 2. The topological polar surface area (TPSA) is 123 Å². The van der Waals surface area contributed by atoms with E-state index >= 15 is 0 Å². The van der Waals surface area contributed by atoms with Crippen molar-refractivity contribution in [2.45, 2.75) is 10.8 Å². The predicted molar refractivity (Wildman–Crippen MR) is 129 cm³/mol. The van der Waals surface area contributed by atoms with Gasteiger partial charge in [-0.15, -0.1) is 0 Å². The number of thioether (sulfide) groups is 1. The molecule has 35 heavy (non-hydrogen) atoms. The Morgan fingerprint density at radius 3 is 2.69 bits per heavy atom. The van der Waals surface area contributed by atoms with Gasteiger partial charge in [0.2, 0.25) is 11.6 Å². The molecule has 2 aromatic heterocycles. The molecule has 0 fully saturated rings. The number of nitrogens with two attached hydrogens (primary N) is 1. The number of benzene rings is 2. The minimum atomic E-state index is -0.393. The van der Waals surface area contributed by atoms with E-state index < -0.39 is 5.82 Å². The number of hydrogen-bond acceptors (Lipinski definition) is 8. The van der Waals surface area contributed by atoms with Gasteiger partial charge in [0.25, 0.3) is 0 Å². The first-order valence-electron chi connectivity index (χ1n) is 10.3. The zero-order chi connectivity index (χ0) is 24.8. The average molecular weight is 488 g/mol. The van der Waals surface area contributed by atoms with Crippen LogP contribution in [0.25, 0.3) is 27.4 Å². The number of nitriles is 1. The predicted octanol–water partition coefficient (Wildman–Crippen LogP) is 5.21. The minimum absolute atomic E-state index is 0.0118. The fourth-order valence-electron chi connectivity index (χ4n) is 3.33. The van der Waals surface area contributed by atoms with Crippen LogP contribution in [0.1, 0.15) is 11.3 Å². The molecule has 10 heteroatoms. The van der Waals surface area contributed by atoms with E-state index in [1.54, 1.807) is 36.4 Å². The largest absolute Gasteiger partial charge is 0.491 e. The third-order valence-electron chi connectivity index (χ3n) is 4.87. The lowest BCUT2D eigenvalue weighted by Crippen LogP contribution is -2.02. The van der Waals surface area contributed by atoms with E-state index in [1.807, 2.05) is 0 Å². The first-order valence-corrected chi connectivity index (χ1v) is 11.3. The molecule has 174 valence electrons. The lowest BCUT2D eigenvalue weighted by Gasteiger charge is -2.13. The molecule has 3 N–H and O–H groups in total. The number of aliphatic hydroxyl groups excluding tert-OH is 1. The molecule has 2 aromatic carbocycles. The number of aliphatic hydroxyl groups is 1. The molecular formula is C25H18FN5O3S. The lowest BCUT2D eigenvalue weighted by molar-refractivity contribution is 0.201. The van der Waals surface area contributed by atoms with E-state index in [2.05, 4.69) is 20.9 Å². The van der Waals surface area contributed by atoms with Crippen LogP contribution in [0.3, 0.4) is 0 Å². The van der Waals surface area contributed by atoms with Crippen LogP contribution in [0, 0.1) is 23.7 Å². The van der Waals surface area contributed by atoms with Gasteiger partial charge in [0.05, 0.1) is 24.4 Å². The molecule has 0 unspecified atom stereocenters. The third kappa shape index (κ3) is 5.25. The summed E-state index contributed by atoms with van der Waals surface area (Å²) in [6, 6.07) is 14.9. The van der Waals surface area contributed by atoms with Crippen molar-refractivity contribution in [2.75, 3.05) is 18.9 Å². The number of nitrogens with zero attached hydrogens (tertiary/aromatic N) is 4. The Kier molecular flexibility index (Phi) is 7.27. The molecule has 8 nitrogen and oxygen atoms in total. The summed E-state index contributed by atoms with van der Waals surface area (Å²) in [5.41, 5.74) is 8.45. The molecule has 0 aliphatic rings. The van der Waals surface area contributed by atoms with E-state index in [1.165, 1.54) is 30.2 Å². The van der Waals surface area contributed by atoms with Gasteiger partial charge in [-0.05, 0) is 35.9 Å². The van der Waals surface area contributed by atoms with Gasteiger partial charge in [0.1, 0.15) is 41.3 Å². The van der Waals surface area contributed by atoms with Gasteiger partial charge in [-0.25, -0.2) is 19.2 Å². The molecular weight excluding hydrogens is 469 g/mol. The normalized spacial score (nSPS) is 10.5. The molecule has 0 aliphatic carbocycles. The van der Waals surface area contributed by atoms with Crippen molar-refractivity contribution in [3.8, 4) is 34.4 Å². The molecule has 0 radical (unpaired) electrons. The van der Waals surface area contributed by atoms with Crippen LogP contribution in [0.5, 0.6) is 5.75 Å². The Morgan fingerprint density at radius 1 is 1.20 bits per heavy atom. The summed E-state index contributed by atoms with van der Waals surface area (Å²) < 4.78 is 24.4. The SMILES string of the molecule is [C-]#[N+]c1c(N)nc(SCc2coc(-c3cccc(F)c3)n2)c(C#N)c1-c1ccc(OCCO)cc1. The van der Waals surface area contributed by atoms with Gasteiger partial charge in [-0.3, -0.25) is 0 Å². The van der Waals surface area contributed by atoms with Gasteiger partial charge < -0.3 is 20.0 Å². The maximum Gasteiger partial charge on any atom is 0.236 e. The standard InChI is InChI=1S/C25H18FN5O3S/c1-29-22-21(15-5-7-19(8-6-15)33-10-9-32)20(12-27)25(31-23(22)28)35-14-18-13-34-24(30-18)16-3-2-4-17(26)11-16/h2-8,11,13,32H,9-10,14H2,(H2,28,31). The maximum absolute atomic E-state index is 13.5. The summed E-state index contributed by atoms with van der Waals surface area (Å²) in [6.45, 7) is 7.62. The first kappa shape index (κ1) is 23.8. The van der Waals surface area contributed by atoms with Crippen molar-refractivity contribution >= 4 is 23.3 Å². The molecule has 4 aromatic rings. The highest BCUT2D eigenvalue weighted by atomic mass is 32.2. The number of ether oxygens (including phenoxy) is 1. The Bertz CT molecular complexity index is 1440. The van der Waals surface area contributed by atoms with E-state index in [9.17, 15) is 9.65 Å². The third-order valence-corrected chi connectivity index (χ3v) is 5.88. The van der Waals surface area contributed by atoms with Crippen LogP contribution in [-0.2, 0) is 5.75 Å². The molecule has 0 aliphatic heterocycles. The Morgan fingerprint density at radius 2 is 2.00 bits per heavy atom. The van der Waals surface area contributed by atoms with Gasteiger partial charge in [-0.1, -0.05) is 30.0 Å². The molecule has 0 amide bonds. The first-order chi connectivity index (χ1) is 17.0. The van der Waals surface area contributed by atoms with Crippen molar-refractivity contribution in [1.29, 1.82) is 5.26 Å². The Balaban J connectivity index is 1.64. The summed E-state index contributed by atoms with van der Waals surface area (Å²) >= 11 is 1.23. The zero-order valence-electron chi connectivity index (χ0n) is 18.2. The molecule has 0 saturated carbocycles. The van der Waals surface area contributed by atoms with Gasteiger partial charge in [0.15, 0.2) is 0 Å². The van der Waals surface area contributed by atoms with E-state index in [-0.39, 0.29) is 36.2 Å². The van der Waals surface area contributed by atoms with Crippen molar-refractivity contribution in [3.63, 3.8) is 0 Å². The highest BCUT2D eigenvalue weighted by Gasteiger charge is 2.21. The number of aromatic nitrogens is 2. The van der Waals surface area contributed by atoms with Crippen molar-refractivity contribution in [3.05, 3.63) is 83.3 Å². The van der Waals surface area contributed by atoms with Gasteiger partial charge in [0, 0.05) is 16.9 Å². The number of oxazole rings is 1. The summed E-state index contributed by atoms with van der Waals surface area (Å²) in [4.78, 5) is 12.2. The second-order valence-electron chi connectivity index (χ2n) is 7.16. The van der Waals surface area contributed by atoms with Gasteiger partial charge in [-0.2, -0.15) is 5.26 Å². The molecule has 0 atom stereocenters. The summed E-state index contributed by atoms with van der Waals surface area (Å²) in [5.74, 6) is 0.751. The molecule has 2 heterocycles. The number of nitrogen functional groups attached to an aromatic ring is 1. The highest BCUT2D eigenvalue weighted by Crippen LogP contribution is 2.42. The van der Waals surface area contributed by atoms with Crippen molar-refractivity contribution in [1.82, 2.24) is 9.97 Å².